The Morgan fingerprint density at radius 3 is 1.88 bits per heavy atom. The molecular weight excluding hydrogens is 809 g/mol. The van der Waals surface area contributed by atoms with Crippen LogP contribution < -0.4 is 0 Å². The van der Waals surface area contributed by atoms with Crippen molar-refractivity contribution in [3.05, 3.63) is 218 Å². The van der Waals surface area contributed by atoms with Gasteiger partial charge in [0, 0.05) is 47.8 Å². The predicted octanol–water partition coefficient (Wildman–Crippen LogP) is 16.3. The Hall–Kier alpha value is -8.38. The van der Waals surface area contributed by atoms with Crippen LogP contribution in [0, 0.1) is 0 Å². The van der Waals surface area contributed by atoms with Crippen molar-refractivity contribution in [3.63, 3.8) is 0 Å². The third-order valence-electron chi connectivity index (χ3n) is 13.3. The van der Waals surface area contributed by atoms with Crippen molar-refractivity contribution in [2.45, 2.75) is 0 Å². The van der Waals surface area contributed by atoms with Gasteiger partial charge in [0.15, 0.2) is 0 Å². The van der Waals surface area contributed by atoms with Crippen molar-refractivity contribution in [3.8, 4) is 44.5 Å². The first-order valence-electron chi connectivity index (χ1n) is 22.1. The summed E-state index contributed by atoms with van der Waals surface area (Å²) < 4.78 is 5.87. The lowest BCUT2D eigenvalue weighted by Gasteiger charge is -2.13. The number of thiophene rings is 1. The van der Waals surface area contributed by atoms with Gasteiger partial charge in [-0.1, -0.05) is 158 Å². The SMILES string of the molecule is c1ccc(-c2nc(-n3c4ccc(-c5cccc6c5c5ccccc5n6-c5ccccc5)cc4c4cc5ccccc5cc43)nc3ccc4cc(-c5cccc6ccccc56)sc4c23)cc1. The number of hydrogen-bond acceptors (Lipinski definition) is 3. The van der Waals surface area contributed by atoms with Gasteiger partial charge in [0.25, 0.3) is 0 Å². The molecule has 0 spiro atoms. The quantitative estimate of drug-likeness (QED) is 0.173. The second-order valence-electron chi connectivity index (χ2n) is 16.9. The Morgan fingerprint density at radius 2 is 1.02 bits per heavy atom. The zero-order chi connectivity index (χ0) is 42.6. The van der Waals surface area contributed by atoms with Crippen LogP contribution in [0.2, 0.25) is 0 Å². The number of nitrogens with zero attached hydrogens (tertiary/aromatic N) is 4. The van der Waals surface area contributed by atoms with Crippen LogP contribution in [0.1, 0.15) is 0 Å². The minimum Gasteiger partial charge on any atom is -0.309 e. The Morgan fingerprint density at radius 1 is 0.354 bits per heavy atom. The van der Waals surface area contributed by atoms with Gasteiger partial charge < -0.3 is 4.57 Å². The summed E-state index contributed by atoms with van der Waals surface area (Å²) in [6.07, 6.45) is 0. The van der Waals surface area contributed by atoms with Crippen LogP contribution >= 0.6 is 11.3 Å². The molecule has 0 aliphatic heterocycles. The second-order valence-corrected chi connectivity index (χ2v) is 18.0. The maximum atomic E-state index is 5.62. The van der Waals surface area contributed by atoms with E-state index in [9.17, 15) is 0 Å². The maximum Gasteiger partial charge on any atom is 0.235 e. The molecule has 0 amide bonds. The van der Waals surface area contributed by atoms with Gasteiger partial charge in [-0.15, -0.1) is 11.3 Å². The van der Waals surface area contributed by atoms with E-state index in [0.29, 0.717) is 5.95 Å². The summed E-state index contributed by atoms with van der Waals surface area (Å²) in [7, 11) is 0. The highest BCUT2D eigenvalue weighted by molar-refractivity contribution is 7.23. The molecule has 5 heteroatoms. The lowest BCUT2D eigenvalue weighted by Crippen LogP contribution is -2.03. The maximum absolute atomic E-state index is 5.62. The van der Waals surface area contributed by atoms with E-state index < -0.39 is 0 Å². The first-order valence-corrected chi connectivity index (χ1v) is 22.9. The largest absolute Gasteiger partial charge is 0.309 e. The van der Waals surface area contributed by atoms with Crippen LogP contribution in [0.5, 0.6) is 0 Å². The van der Waals surface area contributed by atoms with Crippen molar-refractivity contribution >= 4 is 97.5 Å². The molecule has 0 aliphatic rings. The van der Waals surface area contributed by atoms with E-state index in [4.69, 9.17) is 9.97 Å². The van der Waals surface area contributed by atoms with Crippen molar-refractivity contribution in [1.29, 1.82) is 0 Å². The first-order chi connectivity index (χ1) is 32.2. The molecule has 0 bridgehead atoms. The van der Waals surface area contributed by atoms with Gasteiger partial charge in [0.2, 0.25) is 5.95 Å². The Balaban J connectivity index is 1.03. The van der Waals surface area contributed by atoms with Gasteiger partial charge in [-0.3, -0.25) is 4.57 Å². The smallest absolute Gasteiger partial charge is 0.235 e. The number of benzene rings is 10. The van der Waals surface area contributed by atoms with Crippen LogP contribution in [0.25, 0.3) is 131 Å². The van der Waals surface area contributed by atoms with Crippen LogP contribution in [-0.4, -0.2) is 19.1 Å². The molecule has 14 aromatic rings. The lowest BCUT2D eigenvalue weighted by atomic mass is 9.97. The predicted molar refractivity (Wildman–Crippen MR) is 275 cm³/mol. The van der Waals surface area contributed by atoms with E-state index in [1.807, 2.05) is 11.3 Å². The highest BCUT2D eigenvalue weighted by atomic mass is 32.1. The molecule has 0 N–H and O–H groups in total. The lowest BCUT2D eigenvalue weighted by molar-refractivity contribution is 1.02. The van der Waals surface area contributed by atoms with Crippen LogP contribution in [-0.2, 0) is 0 Å². The van der Waals surface area contributed by atoms with Gasteiger partial charge in [-0.25, -0.2) is 9.97 Å². The standard InChI is InChI=1S/C60H36N4S/c1-3-16-38(17-4-1)58-57-50(31-29-42-36-55(65-59(42)57)46-26-13-20-37-15-9-10-23-44(37)46)61-60(62-58)64-52-32-30-41(34-48(52)49-33-39-18-7-8-19-40(39)35-54(49)64)45-25-14-28-53-56(45)47-24-11-12-27-51(47)63(53)43-21-5-2-6-22-43/h1-36H. The summed E-state index contributed by atoms with van der Waals surface area (Å²) in [5.74, 6) is 0.651. The van der Waals surface area contributed by atoms with Gasteiger partial charge in [-0.05, 0) is 104 Å². The molecule has 0 atom stereocenters. The average molecular weight is 845 g/mol. The second kappa shape index (κ2) is 14.1. The van der Waals surface area contributed by atoms with Crippen molar-refractivity contribution < 1.29 is 0 Å². The topological polar surface area (TPSA) is 35.6 Å². The van der Waals surface area contributed by atoms with Gasteiger partial charge in [-0.2, -0.15) is 0 Å². The average Bonchev–Trinajstić information content (AvgIpc) is 4.06. The zero-order valence-electron chi connectivity index (χ0n) is 35.0. The Kier molecular flexibility index (Phi) is 7.82. The first kappa shape index (κ1) is 36.1. The fraction of sp³-hybridized carbons (Fsp3) is 0. The Bertz CT molecular complexity index is 4230. The minimum atomic E-state index is 0.651. The summed E-state index contributed by atoms with van der Waals surface area (Å²) in [4.78, 5) is 12.4. The zero-order valence-corrected chi connectivity index (χ0v) is 35.8. The fourth-order valence-electron chi connectivity index (χ4n) is 10.4. The third kappa shape index (κ3) is 5.49. The number of rotatable bonds is 5. The minimum absolute atomic E-state index is 0.651. The molecule has 0 saturated heterocycles. The summed E-state index contributed by atoms with van der Waals surface area (Å²) in [5, 5.41) is 11.9. The monoisotopic (exact) mass is 844 g/mol. The van der Waals surface area contributed by atoms with E-state index in [-0.39, 0.29) is 0 Å². The number of fused-ring (bicyclic) bond motifs is 11. The molecule has 302 valence electrons. The van der Waals surface area contributed by atoms with E-state index in [1.54, 1.807) is 0 Å². The molecule has 65 heavy (non-hydrogen) atoms. The van der Waals surface area contributed by atoms with E-state index in [0.717, 1.165) is 55.2 Å². The summed E-state index contributed by atoms with van der Waals surface area (Å²) in [6.45, 7) is 0. The molecular formula is C60H36N4S. The molecule has 10 aromatic carbocycles. The molecule has 4 heterocycles. The molecule has 0 radical (unpaired) electrons. The van der Waals surface area contributed by atoms with Gasteiger partial charge in [0.1, 0.15) is 0 Å². The molecule has 0 aliphatic carbocycles. The van der Waals surface area contributed by atoms with E-state index >= 15 is 0 Å². The van der Waals surface area contributed by atoms with Crippen LogP contribution in [0.4, 0.5) is 0 Å². The molecule has 0 fully saturated rings. The van der Waals surface area contributed by atoms with E-state index in [2.05, 4.69) is 228 Å². The van der Waals surface area contributed by atoms with Crippen molar-refractivity contribution in [1.82, 2.24) is 19.1 Å². The summed E-state index contributed by atoms with van der Waals surface area (Å²) >= 11 is 1.83. The normalized spacial score (nSPS) is 12.0. The number of aromatic nitrogens is 4. The van der Waals surface area contributed by atoms with Crippen LogP contribution in [0.3, 0.4) is 0 Å². The Labute approximate surface area is 377 Å². The van der Waals surface area contributed by atoms with Gasteiger partial charge in [0.05, 0.1) is 33.3 Å². The molecule has 4 nitrogen and oxygen atoms in total. The van der Waals surface area contributed by atoms with Crippen molar-refractivity contribution in [2.75, 3.05) is 0 Å². The van der Waals surface area contributed by atoms with Crippen LogP contribution in [0.15, 0.2) is 218 Å². The summed E-state index contributed by atoms with van der Waals surface area (Å²) in [5.41, 5.74) is 12.2. The highest BCUT2D eigenvalue weighted by Crippen LogP contribution is 2.45. The summed E-state index contributed by atoms with van der Waals surface area (Å²) in [6, 6.07) is 79.0. The van der Waals surface area contributed by atoms with Gasteiger partial charge >= 0.3 is 0 Å². The third-order valence-corrected chi connectivity index (χ3v) is 14.5. The highest BCUT2D eigenvalue weighted by Gasteiger charge is 2.22. The fourth-order valence-corrected chi connectivity index (χ4v) is 11.6. The van der Waals surface area contributed by atoms with E-state index in [1.165, 1.54) is 69.4 Å². The van der Waals surface area contributed by atoms with Crippen molar-refractivity contribution in [2.24, 2.45) is 0 Å². The molecule has 14 rings (SSSR count). The molecule has 4 aromatic heterocycles. The number of hydrogen-bond donors (Lipinski definition) is 0. The molecule has 0 unspecified atom stereocenters. The molecule has 0 saturated carbocycles. The number of para-hydroxylation sites is 2.